The fraction of sp³-hybridized carbons (Fsp3) is 0.188. The van der Waals surface area contributed by atoms with Crippen molar-refractivity contribution in [3.05, 3.63) is 48.5 Å². The molecule has 3 nitrogen and oxygen atoms in total. The van der Waals surface area contributed by atoms with Crippen molar-refractivity contribution in [2.24, 2.45) is 0 Å². The van der Waals surface area contributed by atoms with Gasteiger partial charge in [0.1, 0.15) is 11.5 Å². The van der Waals surface area contributed by atoms with E-state index in [9.17, 15) is 9.90 Å². The molecule has 0 spiro atoms. The van der Waals surface area contributed by atoms with Crippen LogP contribution in [0.25, 0.3) is 0 Å². The molecule has 104 valence electrons. The number of carbonyl (C=O) groups is 1. The van der Waals surface area contributed by atoms with Gasteiger partial charge in [-0.05, 0) is 30.7 Å². The highest BCUT2D eigenvalue weighted by atomic mass is 32.2. The Morgan fingerprint density at radius 3 is 2.45 bits per heavy atom. The number of para-hydroxylation sites is 2. The number of phenols is 1. The first-order valence-corrected chi connectivity index (χ1v) is 7.28. The highest BCUT2D eigenvalue weighted by Gasteiger charge is 2.11. The molecule has 0 unspecified atom stereocenters. The maximum Gasteiger partial charge on any atom is 0.311 e. The Kier molecular flexibility index (Phi) is 5.07. The van der Waals surface area contributed by atoms with E-state index >= 15 is 0 Å². The van der Waals surface area contributed by atoms with Crippen LogP contribution in [0.15, 0.2) is 58.3 Å². The Morgan fingerprint density at radius 2 is 1.75 bits per heavy atom. The third-order valence-corrected chi connectivity index (χ3v) is 3.73. The van der Waals surface area contributed by atoms with Crippen LogP contribution in [0, 0.1) is 0 Å². The Morgan fingerprint density at radius 1 is 1.10 bits per heavy atom. The molecule has 0 saturated heterocycles. The van der Waals surface area contributed by atoms with E-state index in [1.165, 1.54) is 11.8 Å². The monoisotopic (exact) mass is 288 g/mol. The molecular weight excluding hydrogens is 272 g/mol. The summed E-state index contributed by atoms with van der Waals surface area (Å²) in [5.41, 5.74) is 0. The van der Waals surface area contributed by atoms with Gasteiger partial charge in [-0.25, -0.2) is 0 Å². The summed E-state index contributed by atoms with van der Waals surface area (Å²) in [4.78, 5) is 13.1. The molecule has 0 radical (unpaired) electrons. The van der Waals surface area contributed by atoms with Crippen molar-refractivity contribution in [1.82, 2.24) is 0 Å². The highest BCUT2D eigenvalue weighted by molar-refractivity contribution is 7.99. The number of rotatable bonds is 5. The van der Waals surface area contributed by atoms with Gasteiger partial charge >= 0.3 is 5.97 Å². The SMILES string of the molecule is CCCC(=O)Oc1ccccc1Sc1ccccc1O. The second kappa shape index (κ2) is 7.01. The highest BCUT2D eigenvalue weighted by Crippen LogP contribution is 2.38. The summed E-state index contributed by atoms with van der Waals surface area (Å²) in [6.07, 6.45) is 1.16. The number of carbonyl (C=O) groups excluding carboxylic acids is 1. The standard InChI is InChI=1S/C16H16O3S/c1-2-7-16(18)19-13-9-4-6-11-15(13)20-14-10-5-3-8-12(14)17/h3-6,8-11,17H,2,7H2,1H3. The lowest BCUT2D eigenvalue weighted by Crippen LogP contribution is -2.07. The number of phenolic OH excluding ortho intramolecular Hbond substituents is 1. The van der Waals surface area contributed by atoms with Crippen LogP contribution >= 0.6 is 11.8 Å². The van der Waals surface area contributed by atoms with Crippen LogP contribution in [0.2, 0.25) is 0 Å². The topological polar surface area (TPSA) is 46.5 Å². The minimum atomic E-state index is -0.238. The number of benzene rings is 2. The Bertz CT molecular complexity index is 596. The van der Waals surface area contributed by atoms with Gasteiger partial charge in [0.05, 0.1) is 9.79 Å². The van der Waals surface area contributed by atoms with E-state index in [1.54, 1.807) is 18.2 Å². The minimum Gasteiger partial charge on any atom is -0.507 e. The van der Waals surface area contributed by atoms with Crippen molar-refractivity contribution < 1.29 is 14.6 Å². The van der Waals surface area contributed by atoms with E-state index in [0.717, 1.165) is 16.2 Å². The molecule has 0 bridgehead atoms. The fourth-order valence-electron chi connectivity index (χ4n) is 1.66. The zero-order valence-corrected chi connectivity index (χ0v) is 12.0. The molecule has 2 aromatic carbocycles. The van der Waals surface area contributed by atoms with Gasteiger partial charge in [-0.1, -0.05) is 43.0 Å². The van der Waals surface area contributed by atoms with Crippen LogP contribution < -0.4 is 4.74 Å². The lowest BCUT2D eigenvalue weighted by Gasteiger charge is -2.10. The summed E-state index contributed by atoms with van der Waals surface area (Å²) >= 11 is 1.37. The number of hydrogen-bond donors (Lipinski definition) is 1. The van der Waals surface area contributed by atoms with E-state index in [-0.39, 0.29) is 11.7 Å². The first-order valence-electron chi connectivity index (χ1n) is 6.46. The van der Waals surface area contributed by atoms with E-state index in [2.05, 4.69) is 0 Å². The van der Waals surface area contributed by atoms with Gasteiger partial charge in [-0.2, -0.15) is 0 Å². The van der Waals surface area contributed by atoms with Crippen molar-refractivity contribution in [3.8, 4) is 11.5 Å². The van der Waals surface area contributed by atoms with Gasteiger partial charge in [0, 0.05) is 6.42 Å². The molecular formula is C16H16O3S. The molecule has 0 atom stereocenters. The molecule has 4 heteroatoms. The maximum absolute atomic E-state index is 11.6. The molecule has 2 rings (SSSR count). The predicted octanol–water partition coefficient (Wildman–Crippen LogP) is 4.25. The molecule has 0 saturated carbocycles. The van der Waals surface area contributed by atoms with Crippen molar-refractivity contribution in [2.45, 2.75) is 29.6 Å². The summed E-state index contributed by atoms with van der Waals surface area (Å²) in [6.45, 7) is 1.93. The molecule has 1 N–H and O–H groups in total. The zero-order valence-electron chi connectivity index (χ0n) is 11.2. The van der Waals surface area contributed by atoms with E-state index < -0.39 is 0 Å². The van der Waals surface area contributed by atoms with Crippen molar-refractivity contribution in [3.63, 3.8) is 0 Å². The third-order valence-electron chi connectivity index (χ3n) is 2.61. The molecule has 0 amide bonds. The van der Waals surface area contributed by atoms with Gasteiger partial charge in [-0.15, -0.1) is 0 Å². The van der Waals surface area contributed by atoms with E-state index in [4.69, 9.17) is 4.74 Å². The molecule has 0 fully saturated rings. The number of aromatic hydroxyl groups is 1. The molecule has 0 aliphatic carbocycles. The van der Waals surface area contributed by atoms with E-state index in [0.29, 0.717) is 12.2 Å². The van der Waals surface area contributed by atoms with Gasteiger partial charge < -0.3 is 9.84 Å². The normalized spacial score (nSPS) is 10.2. The molecule has 0 aliphatic rings. The second-order valence-corrected chi connectivity index (χ2v) is 5.32. The first-order chi connectivity index (χ1) is 9.70. The summed E-state index contributed by atoms with van der Waals surface area (Å²) in [5.74, 6) is 0.504. The number of hydrogen-bond acceptors (Lipinski definition) is 4. The molecule has 0 heterocycles. The third kappa shape index (κ3) is 3.78. The fourth-order valence-corrected chi connectivity index (χ4v) is 2.57. The van der Waals surface area contributed by atoms with Gasteiger partial charge in [-0.3, -0.25) is 4.79 Å². The number of ether oxygens (including phenoxy) is 1. The van der Waals surface area contributed by atoms with Gasteiger partial charge in [0.2, 0.25) is 0 Å². The van der Waals surface area contributed by atoms with Crippen LogP contribution in [0.5, 0.6) is 11.5 Å². The van der Waals surface area contributed by atoms with Crippen molar-refractivity contribution in [2.75, 3.05) is 0 Å². The Labute approximate surface area is 122 Å². The van der Waals surface area contributed by atoms with Crippen LogP contribution in [0.3, 0.4) is 0 Å². The lowest BCUT2D eigenvalue weighted by atomic mass is 10.3. The average molecular weight is 288 g/mol. The first kappa shape index (κ1) is 14.5. The van der Waals surface area contributed by atoms with Gasteiger partial charge in [0.15, 0.2) is 0 Å². The van der Waals surface area contributed by atoms with Crippen molar-refractivity contribution in [1.29, 1.82) is 0 Å². The van der Waals surface area contributed by atoms with Crippen LogP contribution in [-0.4, -0.2) is 11.1 Å². The minimum absolute atomic E-state index is 0.215. The molecule has 0 aromatic heterocycles. The lowest BCUT2D eigenvalue weighted by molar-refractivity contribution is -0.134. The zero-order chi connectivity index (χ0) is 14.4. The predicted molar refractivity (Wildman–Crippen MR) is 79.2 cm³/mol. The number of esters is 1. The summed E-state index contributed by atoms with van der Waals surface area (Å²) < 4.78 is 5.36. The quantitative estimate of drug-likeness (QED) is 0.660. The summed E-state index contributed by atoms with van der Waals surface area (Å²) in [5, 5.41) is 9.80. The van der Waals surface area contributed by atoms with Crippen LogP contribution in [0.4, 0.5) is 0 Å². The average Bonchev–Trinajstić information content (AvgIpc) is 2.44. The molecule has 0 aliphatic heterocycles. The van der Waals surface area contributed by atoms with E-state index in [1.807, 2.05) is 37.3 Å². The summed E-state index contributed by atoms with van der Waals surface area (Å²) in [6, 6.07) is 14.4. The maximum atomic E-state index is 11.6. The van der Waals surface area contributed by atoms with Crippen LogP contribution in [-0.2, 0) is 4.79 Å². The van der Waals surface area contributed by atoms with Crippen molar-refractivity contribution >= 4 is 17.7 Å². The summed E-state index contributed by atoms with van der Waals surface area (Å²) in [7, 11) is 0. The largest absolute Gasteiger partial charge is 0.507 e. The second-order valence-electron chi connectivity index (χ2n) is 4.24. The van der Waals surface area contributed by atoms with Crippen LogP contribution in [0.1, 0.15) is 19.8 Å². The Balaban J connectivity index is 2.20. The smallest absolute Gasteiger partial charge is 0.311 e. The molecule has 2 aromatic rings. The molecule has 20 heavy (non-hydrogen) atoms. The Hall–Kier alpha value is -1.94. The van der Waals surface area contributed by atoms with Gasteiger partial charge in [0.25, 0.3) is 0 Å².